The lowest BCUT2D eigenvalue weighted by molar-refractivity contribution is -0.126. The summed E-state index contributed by atoms with van der Waals surface area (Å²) in [6, 6.07) is 5.07. The van der Waals surface area contributed by atoms with Gasteiger partial charge in [-0.2, -0.15) is 0 Å². The SMILES string of the molecule is O=C(Nc1ccc2c(c1)OCO2)c1nnc(C(=O)N2CCCC(C(=O)NCCC3=CCCCC3)C2)s1. The van der Waals surface area contributed by atoms with Crippen molar-refractivity contribution in [2.45, 2.75) is 44.9 Å². The largest absolute Gasteiger partial charge is 0.454 e. The van der Waals surface area contributed by atoms with Crippen LogP contribution in [0.4, 0.5) is 5.69 Å². The van der Waals surface area contributed by atoms with E-state index >= 15 is 0 Å². The zero-order valence-corrected chi connectivity index (χ0v) is 20.8. The quantitative estimate of drug-likeness (QED) is 0.547. The second kappa shape index (κ2) is 11.1. The number of anilines is 1. The van der Waals surface area contributed by atoms with Gasteiger partial charge in [0.25, 0.3) is 11.8 Å². The second-order valence-corrected chi connectivity index (χ2v) is 10.2. The molecule has 0 radical (unpaired) electrons. The molecule has 5 rings (SSSR count). The first-order chi connectivity index (χ1) is 17.6. The first-order valence-electron chi connectivity index (χ1n) is 12.4. The van der Waals surface area contributed by atoms with Gasteiger partial charge < -0.3 is 25.0 Å². The third-order valence-electron chi connectivity index (χ3n) is 6.64. The predicted octanol–water partition coefficient (Wildman–Crippen LogP) is 3.38. The number of piperidine rings is 1. The average molecular weight is 512 g/mol. The van der Waals surface area contributed by atoms with Gasteiger partial charge in [-0.1, -0.05) is 23.0 Å². The topological polar surface area (TPSA) is 123 Å². The average Bonchev–Trinajstić information content (AvgIpc) is 3.59. The maximum Gasteiger partial charge on any atom is 0.286 e. The first kappa shape index (κ1) is 24.2. The van der Waals surface area contributed by atoms with Gasteiger partial charge in [0.2, 0.25) is 22.7 Å². The van der Waals surface area contributed by atoms with Crippen molar-refractivity contribution in [1.82, 2.24) is 20.4 Å². The van der Waals surface area contributed by atoms with Crippen LogP contribution in [0.15, 0.2) is 29.8 Å². The number of benzene rings is 1. The highest BCUT2D eigenvalue weighted by Gasteiger charge is 2.31. The number of amides is 3. The van der Waals surface area contributed by atoms with Crippen LogP contribution in [-0.4, -0.2) is 59.2 Å². The zero-order chi connectivity index (χ0) is 24.9. The number of carbonyl (C=O) groups is 3. The minimum Gasteiger partial charge on any atom is -0.454 e. The highest BCUT2D eigenvalue weighted by Crippen LogP contribution is 2.34. The number of allylic oxidation sites excluding steroid dienone is 1. The van der Waals surface area contributed by atoms with E-state index in [1.807, 2.05) is 0 Å². The summed E-state index contributed by atoms with van der Waals surface area (Å²) in [6.07, 6.45) is 9.42. The monoisotopic (exact) mass is 511 g/mol. The molecule has 0 spiro atoms. The Morgan fingerprint density at radius 1 is 1.08 bits per heavy atom. The van der Waals surface area contributed by atoms with Crippen LogP contribution in [0.3, 0.4) is 0 Å². The predicted molar refractivity (Wildman–Crippen MR) is 133 cm³/mol. The van der Waals surface area contributed by atoms with Crippen LogP contribution < -0.4 is 20.1 Å². The molecule has 2 aromatic rings. The normalized spacial score (nSPS) is 18.9. The summed E-state index contributed by atoms with van der Waals surface area (Å²) in [5.41, 5.74) is 1.95. The van der Waals surface area contributed by atoms with Gasteiger partial charge >= 0.3 is 0 Å². The van der Waals surface area contributed by atoms with Crippen molar-refractivity contribution < 1.29 is 23.9 Å². The second-order valence-electron chi connectivity index (χ2n) is 9.17. The number of hydrogen-bond donors (Lipinski definition) is 2. The highest BCUT2D eigenvalue weighted by molar-refractivity contribution is 7.15. The van der Waals surface area contributed by atoms with Crippen LogP contribution in [0.2, 0.25) is 0 Å². The molecule has 1 aromatic carbocycles. The van der Waals surface area contributed by atoms with Crippen LogP contribution in [-0.2, 0) is 4.79 Å². The molecule has 1 atom stereocenters. The highest BCUT2D eigenvalue weighted by atomic mass is 32.1. The number of nitrogens with one attached hydrogen (secondary N) is 2. The molecule has 3 heterocycles. The van der Waals surface area contributed by atoms with Crippen molar-refractivity contribution in [3.8, 4) is 11.5 Å². The van der Waals surface area contributed by atoms with Crippen LogP contribution >= 0.6 is 11.3 Å². The van der Waals surface area contributed by atoms with Gasteiger partial charge in [0, 0.05) is 31.4 Å². The molecule has 1 aliphatic carbocycles. The lowest BCUT2D eigenvalue weighted by Crippen LogP contribution is -2.45. The number of ether oxygens (including phenoxy) is 2. The Labute approximate surface area is 213 Å². The van der Waals surface area contributed by atoms with E-state index in [4.69, 9.17) is 9.47 Å². The number of likely N-dealkylation sites (tertiary alicyclic amines) is 1. The number of hydrogen-bond acceptors (Lipinski definition) is 8. The summed E-state index contributed by atoms with van der Waals surface area (Å²) in [5, 5.41) is 13.9. The maximum absolute atomic E-state index is 13.0. The van der Waals surface area contributed by atoms with Crippen molar-refractivity contribution in [3.63, 3.8) is 0 Å². The van der Waals surface area contributed by atoms with Gasteiger partial charge in [0.05, 0.1) is 5.92 Å². The summed E-state index contributed by atoms with van der Waals surface area (Å²) in [6.45, 7) is 1.67. The summed E-state index contributed by atoms with van der Waals surface area (Å²) < 4.78 is 10.6. The van der Waals surface area contributed by atoms with Crippen molar-refractivity contribution in [3.05, 3.63) is 39.9 Å². The van der Waals surface area contributed by atoms with E-state index in [0.29, 0.717) is 36.8 Å². The van der Waals surface area contributed by atoms with E-state index in [2.05, 4.69) is 26.9 Å². The third kappa shape index (κ3) is 5.67. The fraction of sp³-hybridized carbons (Fsp3) is 0.480. The Balaban J connectivity index is 1.13. The lowest BCUT2D eigenvalue weighted by atomic mass is 9.96. The molecule has 2 aliphatic heterocycles. The van der Waals surface area contributed by atoms with E-state index in [9.17, 15) is 14.4 Å². The van der Waals surface area contributed by atoms with Gasteiger partial charge in [-0.25, -0.2) is 0 Å². The maximum atomic E-state index is 13.0. The zero-order valence-electron chi connectivity index (χ0n) is 20.0. The van der Waals surface area contributed by atoms with Gasteiger partial charge in [0.1, 0.15) is 0 Å². The Hall–Kier alpha value is -3.47. The molecular weight excluding hydrogens is 482 g/mol. The van der Waals surface area contributed by atoms with Crippen molar-refractivity contribution in [1.29, 1.82) is 0 Å². The van der Waals surface area contributed by atoms with E-state index in [1.54, 1.807) is 23.1 Å². The van der Waals surface area contributed by atoms with Crippen LogP contribution in [0, 0.1) is 5.92 Å². The molecule has 1 aromatic heterocycles. The minimum atomic E-state index is -0.464. The standard InChI is InChI=1S/C25H29N5O5S/c31-21(26-11-10-16-5-2-1-3-6-16)17-7-4-12-30(14-17)25(33)24-29-28-23(36-24)22(32)27-18-8-9-19-20(13-18)35-15-34-19/h5,8-9,13,17H,1-4,6-7,10-12,14-15H2,(H,26,31)(H,27,32). The molecule has 2 N–H and O–H groups in total. The van der Waals surface area contributed by atoms with Gasteiger partial charge in [-0.15, -0.1) is 10.2 Å². The number of rotatable bonds is 7. The molecule has 10 nitrogen and oxygen atoms in total. The Bertz CT molecular complexity index is 1180. The van der Waals surface area contributed by atoms with Crippen LogP contribution in [0.25, 0.3) is 0 Å². The third-order valence-corrected chi connectivity index (χ3v) is 7.55. The van der Waals surface area contributed by atoms with Crippen molar-refractivity contribution in [2.75, 3.05) is 31.7 Å². The van der Waals surface area contributed by atoms with E-state index in [1.165, 1.54) is 18.4 Å². The van der Waals surface area contributed by atoms with Gasteiger partial charge in [-0.05, 0) is 57.1 Å². The molecule has 1 fully saturated rings. The molecule has 0 saturated carbocycles. The molecule has 1 saturated heterocycles. The molecule has 3 aliphatic rings. The molecule has 11 heteroatoms. The molecule has 3 amide bonds. The molecule has 190 valence electrons. The minimum absolute atomic E-state index is 0.00929. The summed E-state index contributed by atoms with van der Waals surface area (Å²) in [4.78, 5) is 40.0. The fourth-order valence-electron chi connectivity index (χ4n) is 4.69. The Morgan fingerprint density at radius 3 is 2.81 bits per heavy atom. The molecular formula is C25H29N5O5S. The smallest absolute Gasteiger partial charge is 0.286 e. The lowest BCUT2D eigenvalue weighted by Gasteiger charge is -2.31. The van der Waals surface area contributed by atoms with Crippen molar-refractivity contribution >= 4 is 34.7 Å². The molecule has 1 unspecified atom stereocenters. The van der Waals surface area contributed by atoms with E-state index in [-0.39, 0.29) is 34.5 Å². The first-order valence-corrected chi connectivity index (χ1v) is 13.2. The van der Waals surface area contributed by atoms with E-state index in [0.717, 1.165) is 43.4 Å². The number of fused-ring (bicyclic) bond motifs is 1. The van der Waals surface area contributed by atoms with E-state index < -0.39 is 5.91 Å². The van der Waals surface area contributed by atoms with Gasteiger partial charge in [0.15, 0.2) is 11.5 Å². The van der Waals surface area contributed by atoms with Crippen molar-refractivity contribution in [2.24, 2.45) is 5.92 Å². The summed E-state index contributed by atoms with van der Waals surface area (Å²) in [7, 11) is 0. The summed E-state index contributed by atoms with van der Waals surface area (Å²) in [5.74, 6) is 0.145. The number of nitrogens with zero attached hydrogens (tertiary/aromatic N) is 3. The molecule has 0 bridgehead atoms. The molecule has 36 heavy (non-hydrogen) atoms. The van der Waals surface area contributed by atoms with Gasteiger partial charge in [-0.3, -0.25) is 14.4 Å². The Kier molecular flexibility index (Phi) is 7.45. The fourth-order valence-corrected chi connectivity index (χ4v) is 5.40. The summed E-state index contributed by atoms with van der Waals surface area (Å²) >= 11 is 0.939. The van der Waals surface area contributed by atoms with Crippen LogP contribution in [0.1, 0.15) is 64.6 Å². The number of carbonyl (C=O) groups excluding carboxylic acids is 3. The Morgan fingerprint density at radius 2 is 1.94 bits per heavy atom. The number of aromatic nitrogens is 2. The van der Waals surface area contributed by atoms with Crippen LogP contribution in [0.5, 0.6) is 11.5 Å².